The van der Waals surface area contributed by atoms with Gasteiger partial charge in [-0.05, 0) is 6.07 Å². The molecule has 0 unspecified atom stereocenters. The summed E-state index contributed by atoms with van der Waals surface area (Å²) in [6.07, 6.45) is -4.73. The monoisotopic (exact) mass is 290 g/mol. The van der Waals surface area contributed by atoms with Gasteiger partial charge >= 0.3 is 6.18 Å². The molecule has 1 amide bonds. The molecule has 0 bridgehead atoms. The van der Waals surface area contributed by atoms with Crippen LogP contribution in [0.25, 0.3) is 0 Å². The third-order valence-corrected chi connectivity index (χ3v) is 2.74. The summed E-state index contributed by atoms with van der Waals surface area (Å²) in [5.41, 5.74) is -2.03. The van der Waals surface area contributed by atoms with Crippen LogP contribution in [0.15, 0.2) is 18.2 Å². The van der Waals surface area contributed by atoms with Gasteiger partial charge in [0.2, 0.25) is 0 Å². The Morgan fingerprint density at radius 2 is 2.00 bits per heavy atom. The lowest BCUT2D eigenvalue weighted by molar-refractivity contribution is -0.385. The third kappa shape index (κ3) is 2.87. The van der Waals surface area contributed by atoms with Crippen LogP contribution in [0.4, 0.5) is 24.5 Å². The van der Waals surface area contributed by atoms with E-state index in [0.29, 0.717) is 6.07 Å². The number of amides is 1. The van der Waals surface area contributed by atoms with Crippen LogP contribution in [0.2, 0.25) is 0 Å². The Morgan fingerprint density at radius 3 is 2.55 bits per heavy atom. The molecule has 2 rings (SSSR count). The molecular formula is C11H9F3N2O4. The molecule has 1 aliphatic rings. The number of nitro benzene ring substituents is 1. The molecule has 0 spiro atoms. The molecule has 6 nitrogen and oxygen atoms in total. The van der Waals surface area contributed by atoms with E-state index in [1.165, 1.54) is 0 Å². The van der Waals surface area contributed by atoms with Gasteiger partial charge in [0.1, 0.15) is 6.61 Å². The van der Waals surface area contributed by atoms with Crippen LogP contribution in [0.3, 0.4) is 0 Å². The van der Waals surface area contributed by atoms with E-state index in [0.717, 1.165) is 17.0 Å². The summed E-state index contributed by atoms with van der Waals surface area (Å²) in [6.45, 7) is -0.0445. The zero-order chi connectivity index (χ0) is 14.9. The fourth-order valence-electron chi connectivity index (χ4n) is 1.81. The van der Waals surface area contributed by atoms with Crippen LogP contribution >= 0.6 is 0 Å². The fourth-order valence-corrected chi connectivity index (χ4v) is 1.81. The number of nitro groups is 1. The molecule has 0 aliphatic carbocycles. The summed E-state index contributed by atoms with van der Waals surface area (Å²) in [7, 11) is 0. The van der Waals surface area contributed by atoms with Crippen LogP contribution in [0, 0.1) is 10.1 Å². The first-order chi connectivity index (χ1) is 9.29. The summed E-state index contributed by atoms with van der Waals surface area (Å²) < 4.78 is 43.0. The quantitative estimate of drug-likeness (QED) is 0.616. The van der Waals surface area contributed by atoms with Gasteiger partial charge in [0.25, 0.3) is 11.6 Å². The lowest BCUT2D eigenvalue weighted by atomic mass is 10.1. The van der Waals surface area contributed by atoms with Crippen LogP contribution in [-0.4, -0.2) is 30.6 Å². The molecule has 1 fully saturated rings. The van der Waals surface area contributed by atoms with Crippen molar-refractivity contribution in [1.29, 1.82) is 0 Å². The van der Waals surface area contributed by atoms with Gasteiger partial charge in [-0.1, -0.05) is 0 Å². The van der Waals surface area contributed by atoms with Crippen molar-refractivity contribution in [2.75, 3.05) is 24.7 Å². The minimum absolute atomic E-state index is 0.0529. The van der Waals surface area contributed by atoms with Crippen molar-refractivity contribution in [3.8, 4) is 0 Å². The van der Waals surface area contributed by atoms with Crippen molar-refractivity contribution in [3.63, 3.8) is 0 Å². The molecule has 0 N–H and O–H groups in total. The predicted octanol–water partition coefficient (Wildman–Crippen LogP) is 1.98. The highest BCUT2D eigenvalue weighted by Gasteiger charge is 2.34. The van der Waals surface area contributed by atoms with Crippen molar-refractivity contribution in [2.45, 2.75) is 6.18 Å². The number of non-ortho nitro benzene ring substituents is 1. The lowest BCUT2D eigenvalue weighted by Gasteiger charge is -2.27. The smallest absolute Gasteiger partial charge is 0.370 e. The number of alkyl halides is 3. The first-order valence-corrected chi connectivity index (χ1v) is 5.54. The van der Waals surface area contributed by atoms with Gasteiger partial charge in [-0.25, -0.2) is 0 Å². The summed E-state index contributed by atoms with van der Waals surface area (Å²) in [5, 5.41) is 10.7. The molecule has 0 radical (unpaired) electrons. The number of benzene rings is 1. The molecule has 20 heavy (non-hydrogen) atoms. The van der Waals surface area contributed by atoms with Gasteiger partial charge in [-0.2, -0.15) is 13.2 Å². The normalized spacial score (nSPS) is 16.4. The zero-order valence-corrected chi connectivity index (χ0v) is 10.0. The van der Waals surface area contributed by atoms with E-state index < -0.39 is 28.3 Å². The predicted molar refractivity (Wildman–Crippen MR) is 61.3 cm³/mol. The molecule has 1 heterocycles. The topological polar surface area (TPSA) is 72.7 Å². The summed E-state index contributed by atoms with van der Waals surface area (Å²) in [4.78, 5) is 22.4. The molecule has 1 saturated heterocycles. The number of ether oxygens (including phenoxy) is 1. The number of rotatable bonds is 2. The minimum atomic E-state index is -4.73. The largest absolute Gasteiger partial charge is 0.416 e. The zero-order valence-electron chi connectivity index (χ0n) is 10.0. The van der Waals surface area contributed by atoms with Crippen LogP contribution in [0.1, 0.15) is 5.56 Å². The number of halogens is 3. The van der Waals surface area contributed by atoms with Crippen LogP contribution in [-0.2, 0) is 15.7 Å². The summed E-state index contributed by atoms with van der Waals surface area (Å²) in [6, 6.07) is 2.10. The highest BCUT2D eigenvalue weighted by atomic mass is 19.4. The maximum absolute atomic E-state index is 12.7. The second kappa shape index (κ2) is 5.08. The van der Waals surface area contributed by atoms with E-state index in [1.807, 2.05) is 0 Å². The summed E-state index contributed by atoms with van der Waals surface area (Å²) in [5.74, 6) is -0.537. The second-order valence-electron chi connectivity index (χ2n) is 4.09. The Morgan fingerprint density at radius 1 is 1.30 bits per heavy atom. The van der Waals surface area contributed by atoms with E-state index in [2.05, 4.69) is 0 Å². The Balaban J connectivity index is 2.49. The number of hydrogen-bond acceptors (Lipinski definition) is 4. The average Bonchev–Trinajstić information content (AvgIpc) is 2.37. The minimum Gasteiger partial charge on any atom is -0.370 e. The maximum Gasteiger partial charge on any atom is 0.416 e. The first kappa shape index (κ1) is 14.3. The van der Waals surface area contributed by atoms with E-state index >= 15 is 0 Å². The maximum atomic E-state index is 12.7. The van der Waals surface area contributed by atoms with Gasteiger partial charge in [-0.3, -0.25) is 14.9 Å². The molecule has 1 aromatic carbocycles. The Kier molecular flexibility index (Phi) is 3.62. The number of hydrogen-bond donors (Lipinski definition) is 0. The molecule has 0 atom stereocenters. The summed E-state index contributed by atoms with van der Waals surface area (Å²) >= 11 is 0. The Hall–Kier alpha value is -2.16. The molecule has 108 valence electrons. The second-order valence-corrected chi connectivity index (χ2v) is 4.09. The van der Waals surface area contributed by atoms with E-state index in [4.69, 9.17) is 4.74 Å². The van der Waals surface area contributed by atoms with Gasteiger partial charge in [0.05, 0.1) is 22.8 Å². The first-order valence-electron chi connectivity index (χ1n) is 5.54. The van der Waals surface area contributed by atoms with Crippen molar-refractivity contribution in [1.82, 2.24) is 0 Å². The number of morpholine rings is 1. The molecule has 1 aliphatic heterocycles. The number of anilines is 1. The molecule has 1 aromatic rings. The molecule has 9 heteroatoms. The highest BCUT2D eigenvalue weighted by molar-refractivity contribution is 5.95. The SMILES string of the molecule is O=C1COCCN1c1cc([N+](=O)[O-])cc(C(F)(F)F)c1. The van der Waals surface area contributed by atoms with Crippen LogP contribution in [0.5, 0.6) is 0 Å². The Labute approximate surface area is 110 Å². The average molecular weight is 290 g/mol. The molecule has 0 saturated carbocycles. The number of nitrogens with zero attached hydrogens (tertiary/aromatic N) is 2. The number of carbonyl (C=O) groups excluding carboxylic acids is 1. The van der Waals surface area contributed by atoms with Crippen molar-refractivity contribution >= 4 is 17.3 Å². The lowest BCUT2D eigenvalue weighted by Crippen LogP contribution is -2.41. The van der Waals surface area contributed by atoms with Gasteiger partial charge in [0.15, 0.2) is 0 Å². The molecular weight excluding hydrogens is 281 g/mol. The van der Waals surface area contributed by atoms with Crippen LogP contribution < -0.4 is 4.90 Å². The van der Waals surface area contributed by atoms with E-state index in [9.17, 15) is 28.1 Å². The van der Waals surface area contributed by atoms with Crippen molar-refractivity contribution < 1.29 is 27.6 Å². The highest BCUT2D eigenvalue weighted by Crippen LogP contribution is 2.35. The third-order valence-electron chi connectivity index (χ3n) is 2.74. The van der Waals surface area contributed by atoms with E-state index in [1.54, 1.807) is 0 Å². The van der Waals surface area contributed by atoms with E-state index in [-0.39, 0.29) is 25.4 Å². The number of carbonyl (C=O) groups is 1. The fraction of sp³-hybridized carbons (Fsp3) is 0.364. The van der Waals surface area contributed by atoms with Gasteiger partial charge < -0.3 is 9.64 Å². The van der Waals surface area contributed by atoms with Gasteiger partial charge in [0, 0.05) is 18.7 Å². The van der Waals surface area contributed by atoms with Crippen molar-refractivity contribution in [2.24, 2.45) is 0 Å². The van der Waals surface area contributed by atoms with Gasteiger partial charge in [-0.15, -0.1) is 0 Å². The molecule has 0 aromatic heterocycles. The standard InChI is InChI=1S/C11H9F3N2O4/c12-11(13,14)7-3-8(5-9(4-7)16(18)19)15-1-2-20-6-10(15)17/h3-5H,1-2,6H2. The Bertz CT molecular complexity index is 559. The van der Waals surface area contributed by atoms with Crippen molar-refractivity contribution in [3.05, 3.63) is 33.9 Å².